The van der Waals surface area contributed by atoms with E-state index in [0.717, 1.165) is 0 Å². The minimum absolute atomic E-state index is 0. The van der Waals surface area contributed by atoms with E-state index in [2.05, 4.69) is 9.47 Å². The van der Waals surface area contributed by atoms with Gasteiger partial charge in [-0.3, -0.25) is 0 Å². The molecule has 4 rings (SSSR count). The molecule has 33 heavy (non-hydrogen) atoms. The fourth-order valence-electron chi connectivity index (χ4n) is 2.07. The van der Waals surface area contributed by atoms with Crippen molar-refractivity contribution in [1.29, 1.82) is 0 Å². The Morgan fingerprint density at radius 2 is 0.879 bits per heavy atom. The fraction of sp³-hybridized carbons (Fsp3) is 0.0769. The largest absolute Gasteiger partial charge is 2.00 e. The van der Waals surface area contributed by atoms with Crippen LogP contribution in [0.3, 0.4) is 0 Å². The second-order valence-corrected chi connectivity index (χ2v) is 6.00. The van der Waals surface area contributed by atoms with Gasteiger partial charge >= 0.3 is 38.1 Å². The van der Waals surface area contributed by atoms with E-state index in [1.165, 1.54) is 62.8 Å². The minimum atomic E-state index is -0.398. The van der Waals surface area contributed by atoms with Crippen molar-refractivity contribution in [1.82, 2.24) is 0 Å². The van der Waals surface area contributed by atoms with Gasteiger partial charge in [-0.05, 0) is 48.5 Å². The number of carbonyl (C=O) groups is 2. The van der Waals surface area contributed by atoms with Crippen molar-refractivity contribution in [2.24, 2.45) is 0 Å². The first-order chi connectivity index (χ1) is 15.5. The van der Waals surface area contributed by atoms with Crippen molar-refractivity contribution in [3.05, 3.63) is 120 Å². The predicted octanol–water partition coefficient (Wildman–Crippen LogP) is 5.17. The molecular formula is C26H26O6Zr. The Morgan fingerprint density at radius 1 is 0.606 bits per heavy atom. The molecular weight excluding hydrogens is 500 g/mol. The van der Waals surface area contributed by atoms with Crippen LogP contribution in [0.2, 0.25) is 0 Å². The van der Waals surface area contributed by atoms with E-state index in [1.54, 1.807) is 0 Å². The Kier molecular flexibility index (Phi) is 16.3. The van der Waals surface area contributed by atoms with Gasteiger partial charge in [-0.1, -0.05) is 0 Å². The van der Waals surface area contributed by atoms with Gasteiger partial charge in [-0.25, -0.2) is 33.9 Å². The van der Waals surface area contributed by atoms with Gasteiger partial charge in [0.2, 0.25) is 0 Å². The van der Waals surface area contributed by atoms with Gasteiger partial charge in [-0.15, -0.1) is 0 Å². The molecule has 0 saturated heterocycles. The predicted molar refractivity (Wildman–Crippen MR) is 123 cm³/mol. The van der Waals surface area contributed by atoms with Crippen molar-refractivity contribution in [3.8, 4) is 11.5 Å². The van der Waals surface area contributed by atoms with Crippen molar-refractivity contribution >= 4 is 11.9 Å². The first-order valence-electron chi connectivity index (χ1n) is 9.56. The van der Waals surface area contributed by atoms with Crippen molar-refractivity contribution in [2.75, 3.05) is 14.2 Å². The summed E-state index contributed by atoms with van der Waals surface area (Å²) in [7, 11) is 2.63. The summed E-state index contributed by atoms with van der Waals surface area (Å²) in [4.78, 5) is 21.6. The number of carbonyl (C=O) groups excluding carboxylic acids is 2. The van der Waals surface area contributed by atoms with E-state index >= 15 is 0 Å². The summed E-state index contributed by atoms with van der Waals surface area (Å²) in [5.74, 6) is -0.523. The molecule has 170 valence electrons. The summed E-state index contributed by atoms with van der Waals surface area (Å²) in [6.45, 7) is 0. The molecule has 0 spiro atoms. The number of phenolic OH excluding ortho intramolecular Hbond substituents is 2. The quantitative estimate of drug-likeness (QED) is 0.277. The Bertz CT molecular complexity index is 858. The van der Waals surface area contributed by atoms with Crippen LogP contribution in [-0.2, 0) is 35.7 Å². The third-order valence-corrected chi connectivity index (χ3v) is 3.69. The number of phenols is 2. The van der Waals surface area contributed by atoms with E-state index in [9.17, 15) is 9.59 Å². The van der Waals surface area contributed by atoms with Gasteiger partial charge in [0.25, 0.3) is 0 Å². The van der Waals surface area contributed by atoms with Crippen LogP contribution in [0.15, 0.2) is 109 Å². The molecule has 0 aliphatic heterocycles. The van der Waals surface area contributed by atoms with Crippen LogP contribution in [-0.4, -0.2) is 36.4 Å². The molecule has 0 aliphatic rings. The number of rotatable bonds is 2. The Labute approximate surface area is 212 Å². The van der Waals surface area contributed by atoms with Gasteiger partial charge in [-0.2, -0.15) is 36.4 Å². The standard InChI is InChI=1S/2C8H8O3.2C5H5.Zr/c2*1-11-8(10)6-2-4-7(9)5-3-6;2*1-2-4-5-3-1;/h2*2-5,9H,1H3;2*1-5H;/q;;2*-1;+2. The number of aromatic hydroxyl groups is 2. The van der Waals surface area contributed by atoms with E-state index in [-0.39, 0.29) is 37.7 Å². The normalized spacial score (nSPS) is 8.55. The molecule has 0 unspecified atom stereocenters. The van der Waals surface area contributed by atoms with Crippen LogP contribution in [0, 0.1) is 0 Å². The number of benzene rings is 2. The fourth-order valence-corrected chi connectivity index (χ4v) is 2.07. The summed E-state index contributed by atoms with van der Waals surface area (Å²) < 4.78 is 8.91. The third kappa shape index (κ3) is 13.6. The molecule has 0 saturated carbocycles. The zero-order valence-electron chi connectivity index (χ0n) is 18.4. The molecule has 6 nitrogen and oxygen atoms in total. The number of hydrogen-bond donors (Lipinski definition) is 2. The molecule has 0 fully saturated rings. The zero-order chi connectivity index (χ0) is 23.6. The smallest absolute Gasteiger partial charge is 0.508 e. The van der Waals surface area contributed by atoms with E-state index in [1.807, 2.05) is 60.7 Å². The first-order valence-corrected chi connectivity index (χ1v) is 9.56. The van der Waals surface area contributed by atoms with E-state index < -0.39 is 11.9 Å². The number of methoxy groups -OCH3 is 2. The molecule has 0 radical (unpaired) electrons. The molecule has 0 aliphatic carbocycles. The van der Waals surface area contributed by atoms with Crippen LogP contribution >= 0.6 is 0 Å². The Hall–Kier alpha value is -3.44. The van der Waals surface area contributed by atoms with Gasteiger partial charge < -0.3 is 19.7 Å². The number of ether oxygens (including phenoxy) is 2. The molecule has 2 N–H and O–H groups in total. The second-order valence-electron chi connectivity index (χ2n) is 6.00. The molecule has 0 atom stereocenters. The summed E-state index contributed by atoms with van der Waals surface area (Å²) in [5, 5.41) is 17.7. The van der Waals surface area contributed by atoms with E-state index in [0.29, 0.717) is 11.1 Å². The van der Waals surface area contributed by atoms with Crippen LogP contribution in [0.4, 0.5) is 0 Å². The maximum absolute atomic E-state index is 10.8. The minimum Gasteiger partial charge on any atom is -0.508 e. The molecule has 4 aromatic rings. The molecule has 0 aromatic heterocycles. The van der Waals surface area contributed by atoms with Crippen molar-refractivity contribution in [3.63, 3.8) is 0 Å². The maximum Gasteiger partial charge on any atom is 2.00 e. The summed E-state index contributed by atoms with van der Waals surface area (Å²) in [6.07, 6.45) is 0. The molecule has 7 heteroatoms. The topological polar surface area (TPSA) is 93.1 Å². The average Bonchev–Trinajstić information content (AvgIpc) is 3.59. The van der Waals surface area contributed by atoms with Crippen molar-refractivity contribution < 1.29 is 55.5 Å². The second kappa shape index (κ2) is 18.2. The first kappa shape index (κ1) is 29.6. The molecule has 4 aromatic carbocycles. The van der Waals surface area contributed by atoms with Crippen molar-refractivity contribution in [2.45, 2.75) is 0 Å². The molecule has 0 bridgehead atoms. The van der Waals surface area contributed by atoms with Crippen LogP contribution in [0.25, 0.3) is 0 Å². The van der Waals surface area contributed by atoms with Crippen LogP contribution < -0.4 is 0 Å². The Balaban J connectivity index is 0.000000434. The van der Waals surface area contributed by atoms with Crippen LogP contribution in [0.1, 0.15) is 20.7 Å². The molecule has 0 heterocycles. The van der Waals surface area contributed by atoms with Gasteiger partial charge in [0.05, 0.1) is 25.3 Å². The zero-order valence-corrected chi connectivity index (χ0v) is 20.9. The van der Waals surface area contributed by atoms with E-state index in [4.69, 9.17) is 10.2 Å². The molecule has 0 amide bonds. The van der Waals surface area contributed by atoms with Gasteiger partial charge in [0, 0.05) is 0 Å². The summed E-state index contributed by atoms with van der Waals surface area (Å²) in [5.41, 5.74) is 0.871. The number of esters is 2. The summed E-state index contributed by atoms with van der Waals surface area (Å²) in [6, 6.07) is 31.8. The van der Waals surface area contributed by atoms with Crippen LogP contribution in [0.5, 0.6) is 11.5 Å². The number of hydrogen-bond acceptors (Lipinski definition) is 6. The Morgan fingerprint density at radius 3 is 1.06 bits per heavy atom. The third-order valence-electron chi connectivity index (χ3n) is 3.69. The average molecular weight is 526 g/mol. The van der Waals surface area contributed by atoms with Gasteiger partial charge in [0.15, 0.2) is 0 Å². The SMILES string of the molecule is COC(=O)c1ccc(O)cc1.COC(=O)c1ccc(O)cc1.[Zr+2].c1cc[cH-]c1.c1cc[cH-]c1. The van der Waals surface area contributed by atoms with Gasteiger partial charge in [0.1, 0.15) is 11.5 Å². The maximum atomic E-state index is 10.8. The monoisotopic (exact) mass is 524 g/mol. The summed E-state index contributed by atoms with van der Waals surface area (Å²) >= 11 is 0.